The monoisotopic (exact) mass is 325 g/mol. The number of amides is 1. The number of hydrogen-bond donors (Lipinski definition) is 1. The van der Waals surface area contributed by atoms with E-state index >= 15 is 0 Å². The van der Waals surface area contributed by atoms with Gasteiger partial charge in [-0.15, -0.1) is 0 Å². The van der Waals surface area contributed by atoms with Crippen molar-refractivity contribution in [3.05, 3.63) is 70.5 Å². The molecule has 1 aliphatic rings. The lowest BCUT2D eigenvalue weighted by molar-refractivity contribution is -0.121. The van der Waals surface area contributed by atoms with Crippen molar-refractivity contribution in [2.24, 2.45) is 0 Å². The summed E-state index contributed by atoms with van der Waals surface area (Å²) in [6, 6.07) is 13.2. The highest BCUT2D eigenvalue weighted by Crippen LogP contribution is 2.24. The zero-order valence-electron chi connectivity index (χ0n) is 14.1. The SMILES string of the molecule is C[C@H](NC(=O)CCc1ccccc1F)c1ccc2c(c1)CCCC2. The van der Waals surface area contributed by atoms with E-state index in [1.165, 1.54) is 36.5 Å². The van der Waals surface area contributed by atoms with E-state index in [1.807, 2.05) is 6.92 Å². The van der Waals surface area contributed by atoms with Crippen molar-refractivity contribution in [1.29, 1.82) is 0 Å². The Morgan fingerprint density at radius 1 is 1.12 bits per heavy atom. The molecule has 1 atom stereocenters. The van der Waals surface area contributed by atoms with Crippen molar-refractivity contribution in [2.45, 2.75) is 51.5 Å². The Hall–Kier alpha value is -2.16. The van der Waals surface area contributed by atoms with E-state index in [4.69, 9.17) is 0 Å². The standard InChI is InChI=1S/C21H24FNO/c1-15(18-11-10-16-6-2-3-8-19(16)14-18)23-21(24)13-12-17-7-4-5-9-20(17)22/h4-5,7,9-11,14-15H,2-3,6,8,12-13H2,1H3,(H,23,24)/t15-/m0/s1. The van der Waals surface area contributed by atoms with Gasteiger partial charge in [-0.3, -0.25) is 4.79 Å². The summed E-state index contributed by atoms with van der Waals surface area (Å²) in [6.07, 6.45) is 5.55. The van der Waals surface area contributed by atoms with E-state index in [9.17, 15) is 9.18 Å². The van der Waals surface area contributed by atoms with Gasteiger partial charge in [-0.05, 0) is 67.3 Å². The minimum Gasteiger partial charge on any atom is -0.350 e. The Kier molecular flexibility index (Phi) is 5.29. The molecule has 2 nitrogen and oxygen atoms in total. The van der Waals surface area contributed by atoms with E-state index in [-0.39, 0.29) is 17.8 Å². The molecule has 1 aliphatic carbocycles. The lowest BCUT2D eigenvalue weighted by Gasteiger charge is -2.20. The molecular weight excluding hydrogens is 301 g/mol. The van der Waals surface area contributed by atoms with E-state index in [1.54, 1.807) is 18.2 Å². The highest BCUT2D eigenvalue weighted by molar-refractivity contribution is 5.76. The summed E-state index contributed by atoms with van der Waals surface area (Å²) in [5, 5.41) is 3.03. The predicted molar refractivity (Wildman–Crippen MR) is 94.4 cm³/mol. The second-order valence-electron chi connectivity index (χ2n) is 6.62. The average molecular weight is 325 g/mol. The number of aryl methyl sites for hydroxylation is 3. The third-order valence-electron chi connectivity index (χ3n) is 4.83. The van der Waals surface area contributed by atoms with Gasteiger partial charge in [0, 0.05) is 6.42 Å². The van der Waals surface area contributed by atoms with Gasteiger partial charge < -0.3 is 5.32 Å². The van der Waals surface area contributed by atoms with Gasteiger partial charge in [0.2, 0.25) is 5.91 Å². The van der Waals surface area contributed by atoms with E-state index in [2.05, 4.69) is 23.5 Å². The summed E-state index contributed by atoms with van der Waals surface area (Å²) < 4.78 is 13.6. The summed E-state index contributed by atoms with van der Waals surface area (Å²) in [7, 11) is 0. The molecule has 0 spiro atoms. The van der Waals surface area contributed by atoms with E-state index < -0.39 is 0 Å². The Morgan fingerprint density at radius 2 is 1.88 bits per heavy atom. The van der Waals surface area contributed by atoms with Gasteiger partial charge >= 0.3 is 0 Å². The molecule has 0 saturated heterocycles. The molecular formula is C21H24FNO. The smallest absolute Gasteiger partial charge is 0.220 e. The maximum atomic E-state index is 13.6. The zero-order valence-corrected chi connectivity index (χ0v) is 14.1. The van der Waals surface area contributed by atoms with Crippen LogP contribution in [0.3, 0.4) is 0 Å². The van der Waals surface area contributed by atoms with Crippen molar-refractivity contribution in [2.75, 3.05) is 0 Å². The number of carbonyl (C=O) groups is 1. The predicted octanol–water partition coefficient (Wildman–Crippen LogP) is 4.51. The number of rotatable bonds is 5. The van der Waals surface area contributed by atoms with Crippen molar-refractivity contribution < 1.29 is 9.18 Å². The van der Waals surface area contributed by atoms with Gasteiger partial charge in [0.05, 0.1) is 6.04 Å². The molecule has 0 heterocycles. The average Bonchev–Trinajstić information content (AvgIpc) is 2.60. The fraction of sp³-hybridized carbons (Fsp3) is 0.381. The number of halogens is 1. The van der Waals surface area contributed by atoms with Gasteiger partial charge in [-0.2, -0.15) is 0 Å². The van der Waals surface area contributed by atoms with Crippen LogP contribution in [0.1, 0.15) is 54.5 Å². The second kappa shape index (κ2) is 7.61. The lowest BCUT2D eigenvalue weighted by Crippen LogP contribution is -2.27. The van der Waals surface area contributed by atoms with E-state index in [0.29, 0.717) is 18.4 Å². The van der Waals surface area contributed by atoms with Crippen LogP contribution < -0.4 is 5.32 Å². The van der Waals surface area contributed by atoms with Crippen LogP contribution in [0.5, 0.6) is 0 Å². The fourth-order valence-electron chi connectivity index (χ4n) is 3.37. The van der Waals surface area contributed by atoms with Crippen LogP contribution in [0, 0.1) is 5.82 Å². The molecule has 0 unspecified atom stereocenters. The second-order valence-corrected chi connectivity index (χ2v) is 6.62. The first-order valence-electron chi connectivity index (χ1n) is 8.78. The van der Waals surface area contributed by atoms with Crippen LogP contribution in [-0.2, 0) is 24.1 Å². The molecule has 24 heavy (non-hydrogen) atoms. The van der Waals surface area contributed by atoms with Crippen LogP contribution in [-0.4, -0.2) is 5.91 Å². The third-order valence-corrected chi connectivity index (χ3v) is 4.83. The summed E-state index contributed by atoms with van der Waals surface area (Å²) in [5.74, 6) is -0.281. The van der Waals surface area contributed by atoms with Crippen molar-refractivity contribution in [1.82, 2.24) is 5.32 Å². The number of nitrogens with one attached hydrogen (secondary N) is 1. The molecule has 0 bridgehead atoms. The van der Waals surface area contributed by atoms with Crippen LogP contribution >= 0.6 is 0 Å². The van der Waals surface area contributed by atoms with Crippen LogP contribution in [0.15, 0.2) is 42.5 Å². The molecule has 126 valence electrons. The lowest BCUT2D eigenvalue weighted by atomic mass is 9.89. The summed E-state index contributed by atoms with van der Waals surface area (Å²) in [5.41, 5.74) is 4.61. The van der Waals surface area contributed by atoms with Gasteiger partial charge in [0.15, 0.2) is 0 Å². The third kappa shape index (κ3) is 4.02. The largest absolute Gasteiger partial charge is 0.350 e. The Balaban J connectivity index is 1.57. The normalized spacial score (nSPS) is 14.8. The molecule has 1 N–H and O–H groups in total. The first-order chi connectivity index (χ1) is 11.6. The summed E-state index contributed by atoms with van der Waals surface area (Å²) in [4.78, 5) is 12.2. The maximum absolute atomic E-state index is 13.6. The van der Waals surface area contributed by atoms with Crippen molar-refractivity contribution >= 4 is 5.91 Å². The number of hydrogen-bond acceptors (Lipinski definition) is 1. The summed E-state index contributed by atoms with van der Waals surface area (Å²) in [6.45, 7) is 2.01. The maximum Gasteiger partial charge on any atom is 0.220 e. The Bertz CT molecular complexity index is 726. The fourth-order valence-corrected chi connectivity index (χ4v) is 3.37. The number of benzene rings is 2. The molecule has 0 saturated carbocycles. The van der Waals surface area contributed by atoms with Crippen LogP contribution in [0.25, 0.3) is 0 Å². The van der Waals surface area contributed by atoms with Crippen LogP contribution in [0.4, 0.5) is 4.39 Å². The molecule has 0 aliphatic heterocycles. The Morgan fingerprint density at radius 3 is 2.67 bits per heavy atom. The molecule has 1 amide bonds. The molecule has 0 aromatic heterocycles. The molecule has 2 aromatic carbocycles. The molecule has 2 aromatic rings. The van der Waals surface area contributed by atoms with Crippen LogP contribution in [0.2, 0.25) is 0 Å². The van der Waals surface area contributed by atoms with Gasteiger partial charge in [-0.25, -0.2) is 4.39 Å². The molecule has 0 radical (unpaired) electrons. The highest BCUT2D eigenvalue weighted by Gasteiger charge is 2.14. The number of carbonyl (C=O) groups excluding carboxylic acids is 1. The molecule has 3 rings (SSSR count). The molecule has 0 fully saturated rings. The van der Waals surface area contributed by atoms with E-state index in [0.717, 1.165) is 12.0 Å². The Labute approximate surface area is 143 Å². The minimum atomic E-state index is -0.243. The first kappa shape index (κ1) is 16.7. The minimum absolute atomic E-state index is 0.0228. The van der Waals surface area contributed by atoms with Gasteiger partial charge in [0.25, 0.3) is 0 Å². The quantitative estimate of drug-likeness (QED) is 0.861. The van der Waals surface area contributed by atoms with Crippen molar-refractivity contribution in [3.8, 4) is 0 Å². The highest BCUT2D eigenvalue weighted by atomic mass is 19.1. The first-order valence-corrected chi connectivity index (χ1v) is 8.78. The summed E-state index contributed by atoms with van der Waals surface area (Å²) >= 11 is 0. The zero-order chi connectivity index (χ0) is 16.9. The molecule has 3 heteroatoms. The topological polar surface area (TPSA) is 29.1 Å². The number of fused-ring (bicyclic) bond motifs is 1. The van der Waals surface area contributed by atoms with Gasteiger partial charge in [-0.1, -0.05) is 36.4 Å². The van der Waals surface area contributed by atoms with Gasteiger partial charge in [0.1, 0.15) is 5.82 Å². The van der Waals surface area contributed by atoms with Crippen molar-refractivity contribution in [3.63, 3.8) is 0 Å².